The SMILES string of the molecule is CCC(CC)Oc1cnc(CN(c2cc(C(C)C)[nH]n2)c2nc(OC(CC)CC)cnc2C2CC2)c(Nc2cc(C(C)C)[nH]n2)n1. The zero-order valence-electron chi connectivity index (χ0n) is 28.6. The quantitative estimate of drug-likeness (QED) is 0.105. The molecule has 12 heteroatoms. The molecule has 4 heterocycles. The molecule has 0 saturated heterocycles. The maximum absolute atomic E-state index is 6.29. The molecule has 0 atom stereocenters. The molecular weight excluding hydrogens is 580 g/mol. The molecule has 0 amide bonds. The van der Waals surface area contributed by atoms with E-state index in [4.69, 9.17) is 34.5 Å². The Kier molecular flexibility index (Phi) is 10.7. The van der Waals surface area contributed by atoms with Crippen molar-refractivity contribution >= 4 is 23.3 Å². The van der Waals surface area contributed by atoms with Gasteiger partial charge >= 0.3 is 0 Å². The highest BCUT2D eigenvalue weighted by molar-refractivity contribution is 5.63. The van der Waals surface area contributed by atoms with Crippen molar-refractivity contribution in [3.63, 3.8) is 0 Å². The zero-order chi connectivity index (χ0) is 32.8. The number of nitrogens with one attached hydrogen (secondary N) is 3. The third kappa shape index (κ3) is 7.94. The van der Waals surface area contributed by atoms with E-state index in [1.165, 1.54) is 0 Å². The lowest BCUT2D eigenvalue weighted by Gasteiger charge is -2.25. The Bertz CT molecular complexity index is 1550. The number of nitrogens with zero attached hydrogens (tertiary/aromatic N) is 7. The molecule has 5 rings (SSSR count). The number of rotatable bonds is 17. The number of ether oxygens (including phenoxy) is 2. The molecule has 0 spiro atoms. The van der Waals surface area contributed by atoms with Crippen molar-refractivity contribution < 1.29 is 9.47 Å². The van der Waals surface area contributed by atoms with Gasteiger partial charge in [0, 0.05) is 29.4 Å². The van der Waals surface area contributed by atoms with Crippen LogP contribution in [0.25, 0.3) is 0 Å². The topological polar surface area (TPSA) is 143 Å². The Morgan fingerprint density at radius 3 is 1.96 bits per heavy atom. The van der Waals surface area contributed by atoms with Crippen LogP contribution in [0.5, 0.6) is 11.8 Å². The normalized spacial score (nSPS) is 13.3. The number of aromatic amines is 2. The van der Waals surface area contributed by atoms with E-state index >= 15 is 0 Å². The molecule has 1 aliphatic rings. The van der Waals surface area contributed by atoms with Crippen molar-refractivity contribution in [3.05, 3.63) is 47.3 Å². The van der Waals surface area contributed by atoms with E-state index in [1.807, 2.05) is 6.07 Å². The summed E-state index contributed by atoms with van der Waals surface area (Å²) in [6.45, 7) is 17.3. The summed E-state index contributed by atoms with van der Waals surface area (Å²) in [6.07, 6.45) is 9.26. The standard InChI is InChI=1S/C34H50N10O2/c1-9-23(10-2)45-30-17-35-27(33(38-30)37-28-15-25(20(5)6)40-42-28)19-44(29-16-26(21(7)8)41-43-29)34-32(22-13-14-22)36-18-31(39-34)46-24(11-3)12-4/h15-18,20-24H,9-14,19H2,1-8H3,(H,41,43)(H2,37,38,40,42). The molecular formula is C34H50N10O2. The van der Waals surface area contributed by atoms with Crippen molar-refractivity contribution in [3.8, 4) is 11.8 Å². The second-order valence-electron chi connectivity index (χ2n) is 12.7. The van der Waals surface area contributed by atoms with Crippen LogP contribution in [0.2, 0.25) is 0 Å². The third-order valence-electron chi connectivity index (χ3n) is 8.46. The maximum Gasteiger partial charge on any atom is 0.234 e. The van der Waals surface area contributed by atoms with Crippen LogP contribution in [0.4, 0.5) is 23.3 Å². The molecule has 46 heavy (non-hydrogen) atoms. The van der Waals surface area contributed by atoms with Crippen LogP contribution in [0.15, 0.2) is 24.5 Å². The molecule has 12 nitrogen and oxygen atoms in total. The van der Waals surface area contributed by atoms with Gasteiger partial charge in [0.15, 0.2) is 23.3 Å². The number of H-pyrrole nitrogens is 2. The molecule has 3 N–H and O–H groups in total. The predicted octanol–water partition coefficient (Wildman–Crippen LogP) is 8.05. The second-order valence-corrected chi connectivity index (χ2v) is 12.7. The van der Waals surface area contributed by atoms with E-state index in [1.54, 1.807) is 12.4 Å². The average molecular weight is 631 g/mol. The molecule has 0 unspecified atom stereocenters. The summed E-state index contributed by atoms with van der Waals surface area (Å²) in [5.74, 6) is 4.56. The molecule has 248 valence electrons. The molecule has 1 fully saturated rings. The molecule has 1 aliphatic carbocycles. The lowest BCUT2D eigenvalue weighted by molar-refractivity contribution is 0.184. The molecule has 1 saturated carbocycles. The highest BCUT2D eigenvalue weighted by atomic mass is 16.5. The van der Waals surface area contributed by atoms with Gasteiger partial charge in [0.25, 0.3) is 0 Å². The monoisotopic (exact) mass is 630 g/mol. The fourth-order valence-electron chi connectivity index (χ4n) is 5.19. The largest absolute Gasteiger partial charge is 0.473 e. The van der Waals surface area contributed by atoms with E-state index in [0.29, 0.717) is 47.5 Å². The van der Waals surface area contributed by atoms with Gasteiger partial charge < -0.3 is 19.7 Å². The summed E-state index contributed by atoms with van der Waals surface area (Å²) < 4.78 is 12.5. The van der Waals surface area contributed by atoms with Gasteiger partial charge in [-0.05, 0) is 50.4 Å². The highest BCUT2D eigenvalue weighted by Crippen LogP contribution is 2.45. The lowest BCUT2D eigenvalue weighted by Crippen LogP contribution is -2.23. The first-order valence-electron chi connectivity index (χ1n) is 16.9. The van der Waals surface area contributed by atoms with Gasteiger partial charge in [-0.2, -0.15) is 20.2 Å². The van der Waals surface area contributed by atoms with Crippen LogP contribution in [0.3, 0.4) is 0 Å². The smallest absolute Gasteiger partial charge is 0.234 e. The van der Waals surface area contributed by atoms with Crippen LogP contribution >= 0.6 is 0 Å². The first-order valence-corrected chi connectivity index (χ1v) is 16.9. The zero-order valence-corrected chi connectivity index (χ0v) is 28.6. The van der Waals surface area contributed by atoms with Gasteiger partial charge in [0.05, 0.1) is 36.8 Å². The van der Waals surface area contributed by atoms with Gasteiger partial charge in [-0.15, -0.1) is 0 Å². The van der Waals surface area contributed by atoms with Crippen molar-refractivity contribution in [1.29, 1.82) is 0 Å². The van der Waals surface area contributed by atoms with Crippen molar-refractivity contribution in [2.24, 2.45) is 0 Å². The number of aromatic nitrogens is 8. The van der Waals surface area contributed by atoms with Gasteiger partial charge in [0.2, 0.25) is 11.8 Å². The summed E-state index contributed by atoms with van der Waals surface area (Å²) in [5.41, 5.74) is 3.69. The maximum atomic E-state index is 6.29. The summed E-state index contributed by atoms with van der Waals surface area (Å²) in [7, 11) is 0. The Morgan fingerprint density at radius 2 is 1.39 bits per heavy atom. The number of hydrogen-bond donors (Lipinski definition) is 3. The minimum absolute atomic E-state index is 0.0510. The highest BCUT2D eigenvalue weighted by Gasteiger charge is 2.33. The predicted molar refractivity (Wildman–Crippen MR) is 181 cm³/mol. The Labute approximate surface area is 272 Å². The van der Waals surface area contributed by atoms with Crippen LogP contribution in [-0.4, -0.2) is 52.5 Å². The summed E-state index contributed by atoms with van der Waals surface area (Å²) in [5, 5.41) is 19.0. The molecule has 0 radical (unpaired) electrons. The van der Waals surface area contributed by atoms with Crippen LogP contribution in [-0.2, 0) is 6.54 Å². The van der Waals surface area contributed by atoms with E-state index in [2.05, 4.69) is 87.0 Å². The molecule has 0 bridgehead atoms. The van der Waals surface area contributed by atoms with Crippen LogP contribution in [0, 0.1) is 0 Å². The van der Waals surface area contributed by atoms with E-state index < -0.39 is 0 Å². The first-order chi connectivity index (χ1) is 22.2. The first kappa shape index (κ1) is 33.2. The van der Waals surface area contributed by atoms with Crippen LogP contribution < -0.4 is 19.7 Å². The average Bonchev–Trinajstić information content (AvgIpc) is 3.57. The lowest BCUT2D eigenvalue weighted by atomic mass is 10.1. The van der Waals surface area contributed by atoms with E-state index in [-0.39, 0.29) is 18.1 Å². The van der Waals surface area contributed by atoms with Gasteiger partial charge in [-0.1, -0.05) is 55.4 Å². The van der Waals surface area contributed by atoms with Crippen LogP contribution in [0.1, 0.15) is 134 Å². The minimum atomic E-state index is 0.0510. The molecule has 4 aromatic heterocycles. The fraction of sp³-hybridized carbons (Fsp3) is 0.588. The third-order valence-corrected chi connectivity index (χ3v) is 8.46. The minimum Gasteiger partial charge on any atom is -0.473 e. The van der Waals surface area contributed by atoms with Crippen molar-refractivity contribution in [1.82, 2.24) is 40.3 Å². The Morgan fingerprint density at radius 1 is 0.804 bits per heavy atom. The molecule has 4 aromatic rings. The number of anilines is 4. The Balaban J connectivity index is 1.59. The van der Waals surface area contributed by atoms with Crippen molar-refractivity contribution in [2.75, 3.05) is 10.2 Å². The second kappa shape index (κ2) is 14.9. The summed E-state index contributed by atoms with van der Waals surface area (Å²) in [4.78, 5) is 21.9. The summed E-state index contributed by atoms with van der Waals surface area (Å²) >= 11 is 0. The molecule has 0 aliphatic heterocycles. The Hall–Kier alpha value is -4.22. The van der Waals surface area contributed by atoms with Gasteiger partial charge in [0.1, 0.15) is 5.69 Å². The van der Waals surface area contributed by atoms with E-state index in [0.717, 1.165) is 67.2 Å². The molecule has 0 aromatic carbocycles. The van der Waals surface area contributed by atoms with Crippen molar-refractivity contribution in [2.45, 2.75) is 130 Å². The van der Waals surface area contributed by atoms with Gasteiger partial charge in [-0.3, -0.25) is 15.2 Å². The van der Waals surface area contributed by atoms with Gasteiger partial charge in [-0.25, -0.2) is 4.98 Å². The van der Waals surface area contributed by atoms with E-state index in [9.17, 15) is 0 Å². The summed E-state index contributed by atoms with van der Waals surface area (Å²) in [6, 6.07) is 4.07. The fourth-order valence-corrected chi connectivity index (χ4v) is 5.19. The number of hydrogen-bond acceptors (Lipinski definition) is 10.